The normalized spacial score (nSPS) is 14.0. The minimum atomic E-state index is -0.226. The van der Waals surface area contributed by atoms with Gasteiger partial charge < -0.3 is 14.8 Å². The molecule has 0 unspecified atom stereocenters. The summed E-state index contributed by atoms with van der Waals surface area (Å²) < 4.78 is 13.5. The number of nitrogens with zero attached hydrogens (tertiary/aromatic N) is 4. The van der Waals surface area contributed by atoms with Crippen molar-refractivity contribution in [1.29, 1.82) is 5.26 Å². The van der Waals surface area contributed by atoms with Crippen LogP contribution in [-0.2, 0) is 17.6 Å². The highest BCUT2D eigenvalue weighted by Gasteiger charge is 2.32. The first-order valence-corrected chi connectivity index (χ1v) is 10.7. The molecule has 1 amide bonds. The molecular formula is C24H27N5O3. The maximum atomic E-state index is 12.4. The number of hydrogen-bond donors (Lipinski definition) is 1. The first kappa shape index (κ1) is 21.6. The van der Waals surface area contributed by atoms with Gasteiger partial charge in [0.2, 0.25) is 5.91 Å². The van der Waals surface area contributed by atoms with Crippen LogP contribution in [0.4, 0.5) is 0 Å². The summed E-state index contributed by atoms with van der Waals surface area (Å²) in [5.74, 6) is 1.46. The van der Waals surface area contributed by atoms with E-state index in [2.05, 4.69) is 41.4 Å². The lowest BCUT2D eigenvalue weighted by molar-refractivity contribution is -0.121. The van der Waals surface area contributed by atoms with Crippen LogP contribution in [-0.4, -0.2) is 39.3 Å². The van der Waals surface area contributed by atoms with Crippen LogP contribution in [0.15, 0.2) is 24.4 Å². The van der Waals surface area contributed by atoms with Crippen molar-refractivity contribution in [2.45, 2.75) is 52.6 Å². The summed E-state index contributed by atoms with van der Waals surface area (Å²) in [6, 6.07) is 8.01. The van der Waals surface area contributed by atoms with E-state index in [0.29, 0.717) is 43.0 Å². The van der Waals surface area contributed by atoms with Gasteiger partial charge in [-0.15, -0.1) is 0 Å². The second kappa shape index (κ2) is 8.50. The van der Waals surface area contributed by atoms with Gasteiger partial charge in [0.15, 0.2) is 17.1 Å². The Morgan fingerprint density at radius 1 is 1.38 bits per heavy atom. The Hall–Kier alpha value is -3.60. The van der Waals surface area contributed by atoms with E-state index < -0.39 is 0 Å². The highest BCUT2D eigenvalue weighted by molar-refractivity contribution is 5.76. The number of nitrogens with one attached hydrogen (secondary N) is 1. The van der Waals surface area contributed by atoms with Crippen LogP contribution in [0.3, 0.4) is 0 Å². The Morgan fingerprint density at radius 3 is 2.97 bits per heavy atom. The molecule has 4 rings (SSSR count). The van der Waals surface area contributed by atoms with E-state index in [-0.39, 0.29) is 11.5 Å². The summed E-state index contributed by atoms with van der Waals surface area (Å²) in [4.78, 5) is 16.9. The molecule has 1 aliphatic rings. The number of fused-ring (bicyclic) bond motifs is 2. The van der Waals surface area contributed by atoms with Gasteiger partial charge in [0.25, 0.3) is 0 Å². The average molecular weight is 434 g/mol. The largest absolute Gasteiger partial charge is 0.488 e. The van der Waals surface area contributed by atoms with Crippen molar-refractivity contribution < 1.29 is 14.3 Å². The molecule has 2 aromatic heterocycles. The van der Waals surface area contributed by atoms with E-state index in [9.17, 15) is 10.1 Å². The van der Waals surface area contributed by atoms with Crippen molar-refractivity contribution in [3.05, 3.63) is 52.5 Å². The van der Waals surface area contributed by atoms with Crippen molar-refractivity contribution in [1.82, 2.24) is 19.9 Å². The molecule has 0 saturated heterocycles. The second-order valence-electron chi connectivity index (χ2n) is 8.65. The molecule has 0 bridgehead atoms. The van der Waals surface area contributed by atoms with Crippen molar-refractivity contribution >= 4 is 11.6 Å². The lowest BCUT2D eigenvalue weighted by atomic mass is 10.0. The van der Waals surface area contributed by atoms with Crippen molar-refractivity contribution in [2.75, 3.05) is 13.2 Å². The number of aromatic nitrogens is 3. The molecule has 0 aliphatic carbocycles. The molecule has 1 aromatic carbocycles. The van der Waals surface area contributed by atoms with Crippen LogP contribution in [0.2, 0.25) is 0 Å². The Labute approximate surface area is 187 Å². The van der Waals surface area contributed by atoms with E-state index in [1.54, 1.807) is 4.52 Å². The maximum Gasteiger partial charge on any atom is 0.220 e. The van der Waals surface area contributed by atoms with Crippen molar-refractivity contribution in [3.8, 4) is 17.6 Å². The number of aryl methyl sites for hydroxylation is 2. The molecule has 3 aromatic rings. The number of benzene rings is 1. The van der Waals surface area contributed by atoms with Gasteiger partial charge in [-0.25, -0.2) is 9.50 Å². The number of ether oxygens (including phenoxy) is 2. The Balaban J connectivity index is 1.29. The minimum absolute atomic E-state index is 0.0543. The smallest absolute Gasteiger partial charge is 0.220 e. The second-order valence-corrected chi connectivity index (χ2v) is 8.65. The van der Waals surface area contributed by atoms with Crippen molar-refractivity contribution in [2.24, 2.45) is 0 Å². The van der Waals surface area contributed by atoms with Crippen LogP contribution in [0.5, 0.6) is 11.5 Å². The van der Waals surface area contributed by atoms with Gasteiger partial charge in [0, 0.05) is 29.8 Å². The number of nitriles is 1. The zero-order valence-electron chi connectivity index (χ0n) is 18.9. The maximum absolute atomic E-state index is 12.4. The van der Waals surface area contributed by atoms with E-state index in [0.717, 1.165) is 34.7 Å². The topological polar surface area (TPSA) is 102 Å². The highest BCUT2D eigenvalue weighted by Crippen LogP contribution is 2.41. The number of rotatable bonds is 7. The Morgan fingerprint density at radius 2 is 2.19 bits per heavy atom. The number of hydrogen-bond acceptors (Lipinski definition) is 6. The van der Waals surface area contributed by atoms with Gasteiger partial charge in [-0.3, -0.25) is 4.79 Å². The summed E-state index contributed by atoms with van der Waals surface area (Å²) in [5, 5.41) is 16.3. The molecule has 0 atom stereocenters. The number of carbonyl (C=O) groups is 1. The first-order chi connectivity index (χ1) is 15.3. The monoisotopic (exact) mass is 433 g/mol. The first-order valence-electron chi connectivity index (χ1n) is 10.7. The molecule has 0 radical (unpaired) electrons. The molecule has 8 heteroatoms. The standard InChI is InChI=1S/C24H27N5O3/c1-15-19(16(2)29-23(28-15)18(13-25)14-27-29)8-9-21(30)26-10-11-31-20-7-5-6-17-12-24(3,4)32-22(17)20/h5-7,14H,8-12H2,1-4H3,(H,26,30). The summed E-state index contributed by atoms with van der Waals surface area (Å²) in [5.41, 5.74) is 4.58. The van der Waals surface area contributed by atoms with Crippen LogP contribution < -0.4 is 14.8 Å². The lowest BCUT2D eigenvalue weighted by Crippen LogP contribution is -2.28. The summed E-state index contributed by atoms with van der Waals surface area (Å²) in [6.45, 7) is 8.71. The Kier molecular flexibility index (Phi) is 5.74. The molecule has 0 saturated carbocycles. The summed E-state index contributed by atoms with van der Waals surface area (Å²) in [6.07, 6.45) is 3.24. The fourth-order valence-electron chi connectivity index (χ4n) is 4.13. The SMILES string of the molecule is Cc1nc2c(C#N)cnn2c(C)c1CCC(=O)NCCOc1cccc2c1OC(C)(C)C2. The highest BCUT2D eigenvalue weighted by atomic mass is 16.5. The van der Waals surface area contributed by atoms with Crippen LogP contribution in [0.25, 0.3) is 5.65 Å². The predicted octanol–water partition coefficient (Wildman–Crippen LogP) is 3.06. The van der Waals surface area contributed by atoms with E-state index in [1.807, 2.05) is 26.0 Å². The molecule has 3 heterocycles. The van der Waals surface area contributed by atoms with E-state index in [4.69, 9.17) is 9.47 Å². The van der Waals surface area contributed by atoms with Crippen LogP contribution in [0, 0.1) is 25.2 Å². The van der Waals surface area contributed by atoms with E-state index >= 15 is 0 Å². The molecule has 166 valence electrons. The molecule has 0 spiro atoms. The zero-order chi connectivity index (χ0) is 22.9. The van der Waals surface area contributed by atoms with Gasteiger partial charge in [0.1, 0.15) is 23.8 Å². The van der Waals surface area contributed by atoms with Gasteiger partial charge in [-0.2, -0.15) is 10.4 Å². The molecule has 1 aliphatic heterocycles. The summed E-state index contributed by atoms with van der Waals surface area (Å²) in [7, 11) is 0. The third-order valence-corrected chi connectivity index (χ3v) is 5.67. The van der Waals surface area contributed by atoms with Crippen molar-refractivity contribution in [3.63, 3.8) is 0 Å². The number of amides is 1. The molecular weight excluding hydrogens is 406 g/mol. The fourth-order valence-corrected chi connectivity index (χ4v) is 4.13. The van der Waals surface area contributed by atoms with Gasteiger partial charge >= 0.3 is 0 Å². The molecule has 8 nitrogen and oxygen atoms in total. The fraction of sp³-hybridized carbons (Fsp3) is 0.417. The Bertz CT molecular complexity index is 1220. The lowest BCUT2D eigenvalue weighted by Gasteiger charge is -2.18. The van der Waals surface area contributed by atoms with Gasteiger partial charge in [-0.05, 0) is 45.7 Å². The van der Waals surface area contributed by atoms with Crippen LogP contribution >= 0.6 is 0 Å². The third kappa shape index (κ3) is 4.24. The number of para-hydroxylation sites is 1. The molecule has 0 fully saturated rings. The average Bonchev–Trinajstić information content (AvgIpc) is 3.30. The third-order valence-electron chi connectivity index (χ3n) is 5.67. The molecule has 1 N–H and O–H groups in total. The van der Waals surface area contributed by atoms with Gasteiger partial charge in [0.05, 0.1) is 12.7 Å². The van der Waals surface area contributed by atoms with E-state index in [1.165, 1.54) is 6.20 Å². The van der Waals surface area contributed by atoms with Gasteiger partial charge in [-0.1, -0.05) is 12.1 Å². The summed E-state index contributed by atoms with van der Waals surface area (Å²) >= 11 is 0. The van der Waals surface area contributed by atoms with Crippen LogP contribution in [0.1, 0.15) is 48.3 Å². The number of carbonyl (C=O) groups excluding carboxylic acids is 1. The zero-order valence-corrected chi connectivity index (χ0v) is 18.9. The minimum Gasteiger partial charge on any atom is -0.488 e. The quantitative estimate of drug-likeness (QED) is 0.575. The predicted molar refractivity (Wildman–Crippen MR) is 119 cm³/mol. The molecule has 32 heavy (non-hydrogen) atoms.